The van der Waals surface area contributed by atoms with Crippen LogP contribution in [0.3, 0.4) is 0 Å². The summed E-state index contributed by atoms with van der Waals surface area (Å²) in [7, 11) is 0. The van der Waals surface area contributed by atoms with Crippen LogP contribution in [0.15, 0.2) is 53.0 Å². The first-order chi connectivity index (χ1) is 11.0. The Hall–Kier alpha value is -2.05. The topological polar surface area (TPSA) is 64.6 Å². The summed E-state index contributed by atoms with van der Waals surface area (Å²) in [6, 6.07) is 13.7. The van der Waals surface area contributed by atoms with Gasteiger partial charge in [0.1, 0.15) is 5.75 Å². The maximum atomic E-state index is 11.7. The van der Waals surface area contributed by atoms with Crippen LogP contribution >= 0.6 is 27.5 Å². The highest BCUT2D eigenvalue weighted by molar-refractivity contribution is 9.10. The lowest BCUT2D eigenvalue weighted by Gasteiger charge is -2.08. The number of hydrogen-bond donors (Lipinski definition) is 1. The quantitative estimate of drug-likeness (QED) is 0.754. The second-order valence-corrected chi connectivity index (χ2v) is 5.82. The van der Waals surface area contributed by atoms with Gasteiger partial charge in [-0.3, -0.25) is 4.79 Å². The van der Waals surface area contributed by atoms with E-state index in [1.165, 1.54) is 0 Å². The van der Waals surface area contributed by atoms with E-state index in [9.17, 15) is 9.59 Å². The number of benzene rings is 2. The van der Waals surface area contributed by atoms with Gasteiger partial charge >= 0.3 is 5.97 Å². The molecule has 5 nitrogen and oxygen atoms in total. The molecule has 0 aliphatic heterocycles. The zero-order valence-corrected chi connectivity index (χ0v) is 14.3. The van der Waals surface area contributed by atoms with Crippen LogP contribution in [0.4, 0.5) is 5.69 Å². The molecule has 0 heterocycles. The SMILES string of the molecule is O=C(COC(=O)COc1cccc(Br)c1)Nc1cccc(Cl)c1. The van der Waals surface area contributed by atoms with Crippen LogP contribution in [-0.4, -0.2) is 25.1 Å². The first kappa shape index (κ1) is 17.3. The lowest BCUT2D eigenvalue weighted by molar-refractivity contribution is -0.149. The van der Waals surface area contributed by atoms with Crippen molar-refractivity contribution in [3.63, 3.8) is 0 Å². The number of rotatable bonds is 6. The predicted octanol–water partition coefficient (Wildman–Crippen LogP) is 3.66. The third kappa shape index (κ3) is 6.30. The molecule has 0 fully saturated rings. The molecule has 0 aliphatic carbocycles. The molecular weight excluding hydrogens is 386 g/mol. The Balaban J connectivity index is 1.72. The molecule has 0 atom stereocenters. The third-order valence-electron chi connectivity index (χ3n) is 2.63. The zero-order valence-electron chi connectivity index (χ0n) is 11.9. The molecule has 1 N–H and O–H groups in total. The van der Waals surface area contributed by atoms with Crippen LogP contribution < -0.4 is 10.1 Å². The maximum absolute atomic E-state index is 11.7. The van der Waals surface area contributed by atoms with E-state index in [4.69, 9.17) is 21.1 Å². The van der Waals surface area contributed by atoms with Gasteiger partial charge in [0.05, 0.1) is 0 Å². The van der Waals surface area contributed by atoms with Crippen molar-refractivity contribution in [1.29, 1.82) is 0 Å². The second kappa shape index (κ2) is 8.55. The van der Waals surface area contributed by atoms with Gasteiger partial charge in [-0.2, -0.15) is 0 Å². The molecule has 2 aromatic carbocycles. The van der Waals surface area contributed by atoms with Crippen LogP contribution in [0.25, 0.3) is 0 Å². The average Bonchev–Trinajstić information content (AvgIpc) is 2.51. The van der Waals surface area contributed by atoms with Gasteiger partial charge in [0.2, 0.25) is 0 Å². The summed E-state index contributed by atoms with van der Waals surface area (Å²) in [5, 5.41) is 3.07. The van der Waals surface area contributed by atoms with E-state index in [2.05, 4.69) is 21.2 Å². The van der Waals surface area contributed by atoms with Crippen molar-refractivity contribution in [2.45, 2.75) is 0 Å². The minimum Gasteiger partial charge on any atom is -0.482 e. The fourth-order valence-corrected chi connectivity index (χ4v) is 2.22. The van der Waals surface area contributed by atoms with E-state index in [1.54, 1.807) is 42.5 Å². The Morgan fingerprint density at radius 1 is 1.09 bits per heavy atom. The third-order valence-corrected chi connectivity index (χ3v) is 3.35. The summed E-state index contributed by atoms with van der Waals surface area (Å²) in [4.78, 5) is 23.2. The van der Waals surface area contributed by atoms with Crippen molar-refractivity contribution in [3.05, 3.63) is 58.0 Å². The summed E-state index contributed by atoms with van der Waals surface area (Å²) in [6.45, 7) is -0.673. The summed E-state index contributed by atoms with van der Waals surface area (Å²) < 4.78 is 10.9. The molecule has 2 rings (SSSR count). The van der Waals surface area contributed by atoms with Crippen molar-refractivity contribution in [2.75, 3.05) is 18.5 Å². The Morgan fingerprint density at radius 2 is 1.87 bits per heavy atom. The Morgan fingerprint density at radius 3 is 2.61 bits per heavy atom. The number of ether oxygens (including phenoxy) is 2. The highest BCUT2D eigenvalue weighted by atomic mass is 79.9. The monoisotopic (exact) mass is 397 g/mol. The predicted molar refractivity (Wildman–Crippen MR) is 90.7 cm³/mol. The molecule has 120 valence electrons. The second-order valence-electron chi connectivity index (χ2n) is 4.47. The van der Waals surface area contributed by atoms with Gasteiger partial charge in [-0.15, -0.1) is 0 Å². The van der Waals surface area contributed by atoms with Crippen LogP contribution in [0.1, 0.15) is 0 Å². The van der Waals surface area contributed by atoms with Gasteiger partial charge < -0.3 is 14.8 Å². The zero-order chi connectivity index (χ0) is 16.7. The molecule has 0 aromatic heterocycles. The Kier molecular flexibility index (Phi) is 6.43. The van der Waals surface area contributed by atoms with Crippen LogP contribution in [0.2, 0.25) is 5.02 Å². The largest absolute Gasteiger partial charge is 0.482 e. The van der Waals surface area contributed by atoms with E-state index in [0.717, 1.165) is 4.47 Å². The summed E-state index contributed by atoms with van der Waals surface area (Å²) >= 11 is 9.11. The van der Waals surface area contributed by atoms with Crippen molar-refractivity contribution < 1.29 is 19.1 Å². The molecular formula is C16H13BrClNO4. The molecule has 0 aliphatic rings. The first-order valence-corrected chi connectivity index (χ1v) is 7.79. The molecule has 0 saturated heterocycles. The maximum Gasteiger partial charge on any atom is 0.344 e. The average molecular weight is 399 g/mol. The van der Waals surface area contributed by atoms with Gasteiger partial charge in [0.15, 0.2) is 13.2 Å². The van der Waals surface area contributed by atoms with E-state index in [-0.39, 0.29) is 6.61 Å². The molecule has 7 heteroatoms. The molecule has 23 heavy (non-hydrogen) atoms. The minimum atomic E-state index is -0.633. The fourth-order valence-electron chi connectivity index (χ4n) is 1.65. The number of halogens is 2. The smallest absolute Gasteiger partial charge is 0.344 e. The molecule has 0 spiro atoms. The van der Waals surface area contributed by atoms with Crippen LogP contribution in [-0.2, 0) is 14.3 Å². The van der Waals surface area contributed by atoms with E-state index in [1.807, 2.05) is 6.07 Å². The normalized spacial score (nSPS) is 10.0. The summed E-state index contributed by atoms with van der Waals surface area (Å²) in [6.07, 6.45) is 0. The minimum absolute atomic E-state index is 0.277. The van der Waals surface area contributed by atoms with Crippen molar-refractivity contribution in [1.82, 2.24) is 0 Å². The molecule has 0 saturated carbocycles. The van der Waals surface area contributed by atoms with E-state index in [0.29, 0.717) is 16.5 Å². The molecule has 1 amide bonds. The summed E-state index contributed by atoms with van der Waals surface area (Å²) in [5.74, 6) is -0.561. The highest BCUT2D eigenvalue weighted by Gasteiger charge is 2.09. The van der Waals surface area contributed by atoms with Gasteiger partial charge in [-0.1, -0.05) is 39.7 Å². The van der Waals surface area contributed by atoms with Crippen LogP contribution in [0.5, 0.6) is 5.75 Å². The van der Waals surface area contributed by atoms with Crippen molar-refractivity contribution >= 4 is 45.1 Å². The van der Waals surface area contributed by atoms with Gasteiger partial charge in [-0.05, 0) is 36.4 Å². The Labute approximate surface area is 146 Å². The molecule has 2 aromatic rings. The lowest BCUT2D eigenvalue weighted by Crippen LogP contribution is -2.23. The molecule has 0 bridgehead atoms. The van der Waals surface area contributed by atoms with E-state index < -0.39 is 18.5 Å². The number of nitrogens with one attached hydrogen (secondary N) is 1. The van der Waals surface area contributed by atoms with Gasteiger partial charge in [0, 0.05) is 15.2 Å². The number of carbonyl (C=O) groups is 2. The highest BCUT2D eigenvalue weighted by Crippen LogP contribution is 2.17. The van der Waals surface area contributed by atoms with Crippen molar-refractivity contribution in [2.24, 2.45) is 0 Å². The first-order valence-electron chi connectivity index (χ1n) is 6.62. The van der Waals surface area contributed by atoms with Gasteiger partial charge in [-0.25, -0.2) is 4.79 Å². The lowest BCUT2D eigenvalue weighted by atomic mass is 10.3. The molecule has 0 unspecified atom stereocenters. The Bertz CT molecular complexity index is 708. The number of carbonyl (C=O) groups excluding carboxylic acids is 2. The van der Waals surface area contributed by atoms with E-state index >= 15 is 0 Å². The van der Waals surface area contributed by atoms with Crippen molar-refractivity contribution in [3.8, 4) is 5.75 Å². The number of hydrogen-bond acceptors (Lipinski definition) is 4. The standard InChI is InChI=1S/C16H13BrClNO4/c17-11-3-1-6-14(7-11)22-10-16(21)23-9-15(20)19-13-5-2-4-12(18)8-13/h1-8H,9-10H2,(H,19,20). The number of amides is 1. The fraction of sp³-hybridized carbons (Fsp3) is 0.125. The number of anilines is 1. The molecule has 0 radical (unpaired) electrons. The van der Waals surface area contributed by atoms with Crippen LogP contribution in [0, 0.1) is 0 Å². The summed E-state index contributed by atoms with van der Waals surface area (Å²) in [5.41, 5.74) is 0.531. The number of esters is 1. The van der Waals surface area contributed by atoms with Gasteiger partial charge in [0.25, 0.3) is 5.91 Å².